The fourth-order valence-corrected chi connectivity index (χ4v) is 1.83. The standard InChI is InChI=1S/C14H16F3NO/c1-13(2,3)10-6-12(19-8-10)11-5-4-9(7-18-11)14(15,16)17/h4-7,10H,8H2,1-3H3/t10-/m0/s1. The maximum absolute atomic E-state index is 12.4. The second kappa shape index (κ2) is 4.54. The molecule has 5 heteroatoms. The summed E-state index contributed by atoms with van der Waals surface area (Å²) in [5.41, 5.74) is -0.241. The molecule has 0 spiro atoms. The Labute approximate surface area is 110 Å². The van der Waals surface area contributed by atoms with Crippen LogP contribution in [0, 0.1) is 11.3 Å². The number of rotatable bonds is 1. The summed E-state index contributed by atoms with van der Waals surface area (Å²) < 4.78 is 42.8. The zero-order chi connectivity index (χ0) is 14.3. The minimum absolute atomic E-state index is 0.0632. The monoisotopic (exact) mass is 271 g/mol. The molecule has 0 fully saturated rings. The molecular formula is C14H16F3NO. The molecule has 0 aromatic carbocycles. The van der Waals surface area contributed by atoms with Gasteiger partial charge in [0.15, 0.2) is 0 Å². The molecule has 19 heavy (non-hydrogen) atoms. The fraction of sp³-hybridized carbons (Fsp3) is 0.500. The van der Waals surface area contributed by atoms with Gasteiger partial charge in [0.1, 0.15) is 11.5 Å². The van der Waals surface area contributed by atoms with Crippen molar-refractivity contribution < 1.29 is 17.9 Å². The average Bonchev–Trinajstić information content (AvgIpc) is 2.77. The lowest BCUT2D eigenvalue weighted by Gasteiger charge is -2.23. The van der Waals surface area contributed by atoms with Gasteiger partial charge in [-0.25, -0.2) is 0 Å². The molecule has 1 atom stereocenters. The van der Waals surface area contributed by atoms with Gasteiger partial charge in [-0.15, -0.1) is 0 Å². The highest BCUT2D eigenvalue weighted by molar-refractivity contribution is 5.58. The van der Waals surface area contributed by atoms with Crippen LogP contribution in [0.3, 0.4) is 0 Å². The van der Waals surface area contributed by atoms with Gasteiger partial charge in [-0.1, -0.05) is 20.8 Å². The Balaban J connectivity index is 2.21. The van der Waals surface area contributed by atoms with E-state index in [-0.39, 0.29) is 11.3 Å². The summed E-state index contributed by atoms with van der Waals surface area (Å²) in [6.07, 6.45) is -1.58. The highest BCUT2D eigenvalue weighted by Crippen LogP contribution is 2.36. The quantitative estimate of drug-likeness (QED) is 0.766. The zero-order valence-electron chi connectivity index (χ0n) is 11.1. The maximum Gasteiger partial charge on any atom is 0.417 e. The van der Waals surface area contributed by atoms with Crippen LogP contribution in [0.5, 0.6) is 0 Å². The predicted octanol–water partition coefficient (Wildman–Crippen LogP) is 4.13. The summed E-state index contributed by atoms with van der Waals surface area (Å²) in [4.78, 5) is 3.83. The third kappa shape index (κ3) is 3.08. The first-order valence-corrected chi connectivity index (χ1v) is 6.06. The Kier molecular flexibility index (Phi) is 3.32. The Bertz CT molecular complexity index is 483. The number of hydrogen-bond donors (Lipinski definition) is 0. The van der Waals surface area contributed by atoms with Gasteiger partial charge in [0.25, 0.3) is 0 Å². The lowest BCUT2D eigenvalue weighted by Crippen LogP contribution is -2.19. The van der Waals surface area contributed by atoms with Gasteiger partial charge in [0, 0.05) is 12.1 Å². The second-order valence-electron chi connectivity index (χ2n) is 5.74. The summed E-state index contributed by atoms with van der Waals surface area (Å²) in [7, 11) is 0. The summed E-state index contributed by atoms with van der Waals surface area (Å²) >= 11 is 0. The highest BCUT2D eigenvalue weighted by Gasteiger charge is 2.32. The molecule has 0 aliphatic carbocycles. The van der Waals surface area contributed by atoms with Crippen molar-refractivity contribution in [2.45, 2.75) is 26.9 Å². The van der Waals surface area contributed by atoms with Gasteiger partial charge >= 0.3 is 6.18 Å². The molecule has 2 nitrogen and oxygen atoms in total. The minimum atomic E-state index is -4.36. The van der Waals surface area contributed by atoms with Crippen molar-refractivity contribution in [3.05, 3.63) is 35.7 Å². The molecule has 1 aliphatic heterocycles. The van der Waals surface area contributed by atoms with Crippen LogP contribution in [0.15, 0.2) is 24.4 Å². The number of halogens is 3. The van der Waals surface area contributed by atoms with Crippen molar-refractivity contribution in [1.82, 2.24) is 4.98 Å². The molecule has 1 aromatic heterocycles. The van der Waals surface area contributed by atoms with E-state index in [1.807, 2.05) is 6.08 Å². The second-order valence-corrected chi connectivity index (χ2v) is 5.74. The summed E-state index contributed by atoms with van der Waals surface area (Å²) in [6, 6.07) is 2.37. The number of hydrogen-bond acceptors (Lipinski definition) is 2. The van der Waals surface area contributed by atoms with Gasteiger partial charge in [-0.2, -0.15) is 13.2 Å². The number of pyridine rings is 1. The third-order valence-corrected chi connectivity index (χ3v) is 3.23. The molecule has 0 amide bonds. The van der Waals surface area contributed by atoms with Crippen molar-refractivity contribution in [1.29, 1.82) is 0 Å². The first-order chi connectivity index (χ1) is 8.68. The van der Waals surface area contributed by atoms with Crippen LogP contribution in [-0.2, 0) is 10.9 Å². The molecule has 1 aliphatic rings. The van der Waals surface area contributed by atoms with Gasteiger partial charge in [-0.3, -0.25) is 4.98 Å². The normalized spacial score (nSPS) is 20.1. The van der Waals surface area contributed by atoms with Gasteiger partial charge in [0.05, 0.1) is 12.2 Å². The summed E-state index contributed by atoms with van der Waals surface area (Å²) in [5.74, 6) is 0.806. The summed E-state index contributed by atoms with van der Waals surface area (Å²) in [5, 5.41) is 0. The number of ether oxygens (including phenoxy) is 1. The van der Waals surface area contributed by atoms with Gasteiger partial charge in [-0.05, 0) is 23.6 Å². The van der Waals surface area contributed by atoms with E-state index in [0.717, 1.165) is 12.3 Å². The highest BCUT2D eigenvalue weighted by atomic mass is 19.4. The zero-order valence-corrected chi connectivity index (χ0v) is 11.1. The van der Waals surface area contributed by atoms with E-state index < -0.39 is 11.7 Å². The Morgan fingerprint density at radius 2 is 1.89 bits per heavy atom. The van der Waals surface area contributed by atoms with Crippen molar-refractivity contribution in [3.63, 3.8) is 0 Å². The lowest BCUT2D eigenvalue weighted by molar-refractivity contribution is -0.137. The maximum atomic E-state index is 12.4. The van der Waals surface area contributed by atoms with E-state index in [1.54, 1.807) is 0 Å². The molecule has 0 N–H and O–H groups in total. The van der Waals surface area contributed by atoms with E-state index in [0.29, 0.717) is 18.1 Å². The molecular weight excluding hydrogens is 255 g/mol. The van der Waals surface area contributed by atoms with E-state index in [1.165, 1.54) is 6.07 Å². The van der Waals surface area contributed by atoms with Crippen LogP contribution in [0.25, 0.3) is 5.76 Å². The molecule has 0 radical (unpaired) electrons. The molecule has 104 valence electrons. The topological polar surface area (TPSA) is 22.1 Å². The van der Waals surface area contributed by atoms with Crippen LogP contribution in [0.1, 0.15) is 32.0 Å². The van der Waals surface area contributed by atoms with Crippen LogP contribution in [0.4, 0.5) is 13.2 Å². The average molecular weight is 271 g/mol. The van der Waals surface area contributed by atoms with E-state index in [2.05, 4.69) is 25.8 Å². The van der Waals surface area contributed by atoms with Crippen LogP contribution in [-0.4, -0.2) is 11.6 Å². The first-order valence-electron chi connectivity index (χ1n) is 6.06. The number of nitrogens with zero attached hydrogens (tertiary/aromatic N) is 1. The van der Waals surface area contributed by atoms with Crippen LogP contribution < -0.4 is 0 Å². The molecule has 2 heterocycles. The van der Waals surface area contributed by atoms with E-state index in [9.17, 15) is 13.2 Å². The summed E-state index contributed by atoms with van der Waals surface area (Å²) in [6.45, 7) is 6.84. The predicted molar refractivity (Wildman–Crippen MR) is 66.1 cm³/mol. The minimum Gasteiger partial charge on any atom is -0.491 e. The van der Waals surface area contributed by atoms with Crippen molar-refractivity contribution in [2.24, 2.45) is 11.3 Å². The third-order valence-electron chi connectivity index (χ3n) is 3.23. The molecule has 1 aromatic rings. The number of alkyl halides is 3. The van der Waals surface area contributed by atoms with Gasteiger partial charge in [0.2, 0.25) is 0 Å². The van der Waals surface area contributed by atoms with Crippen molar-refractivity contribution >= 4 is 5.76 Å². The Morgan fingerprint density at radius 1 is 1.21 bits per heavy atom. The fourth-order valence-electron chi connectivity index (χ4n) is 1.83. The van der Waals surface area contributed by atoms with Crippen LogP contribution >= 0.6 is 0 Å². The van der Waals surface area contributed by atoms with E-state index >= 15 is 0 Å². The molecule has 0 bridgehead atoms. The first kappa shape index (κ1) is 13.9. The van der Waals surface area contributed by atoms with Gasteiger partial charge < -0.3 is 4.74 Å². The van der Waals surface area contributed by atoms with Crippen molar-refractivity contribution in [3.8, 4) is 0 Å². The smallest absolute Gasteiger partial charge is 0.417 e. The molecule has 0 saturated heterocycles. The number of aromatic nitrogens is 1. The van der Waals surface area contributed by atoms with E-state index in [4.69, 9.17) is 4.74 Å². The lowest BCUT2D eigenvalue weighted by atomic mass is 9.81. The molecule has 2 rings (SSSR count). The van der Waals surface area contributed by atoms with Crippen molar-refractivity contribution in [2.75, 3.05) is 6.61 Å². The Hall–Kier alpha value is -1.52. The molecule has 0 unspecified atom stereocenters. The largest absolute Gasteiger partial charge is 0.491 e. The van der Waals surface area contributed by atoms with Crippen LogP contribution in [0.2, 0.25) is 0 Å². The SMILES string of the molecule is CC(C)(C)[C@H]1C=C(c2ccc(C(F)(F)F)cn2)OC1. The molecule has 0 saturated carbocycles. The Morgan fingerprint density at radius 3 is 2.32 bits per heavy atom.